The topological polar surface area (TPSA) is 76.4 Å². The van der Waals surface area contributed by atoms with Gasteiger partial charge in [-0.3, -0.25) is 4.79 Å². The fourth-order valence-corrected chi connectivity index (χ4v) is 1.55. The highest BCUT2D eigenvalue weighted by Gasteiger charge is 2.34. The Balaban J connectivity index is 3.01. The van der Waals surface area contributed by atoms with Crippen molar-refractivity contribution < 1.29 is 19.1 Å². The van der Waals surface area contributed by atoms with E-state index in [1.807, 2.05) is 6.07 Å². The number of ether oxygens (including phenoxy) is 2. The molecule has 0 saturated heterocycles. The van der Waals surface area contributed by atoms with Crippen molar-refractivity contribution in [1.82, 2.24) is 0 Å². The van der Waals surface area contributed by atoms with Crippen molar-refractivity contribution in [2.24, 2.45) is 0 Å². The molecule has 1 aromatic rings. The van der Waals surface area contributed by atoms with E-state index in [0.29, 0.717) is 11.8 Å². The zero-order chi connectivity index (χ0) is 16.3. The molecule has 21 heavy (non-hydrogen) atoms. The second kappa shape index (κ2) is 5.96. The molecule has 0 unspecified atom stereocenters. The zero-order valence-corrected chi connectivity index (χ0v) is 12.9. The molecule has 0 atom stereocenters. The molecule has 0 radical (unpaired) electrons. The third-order valence-corrected chi connectivity index (χ3v) is 2.46. The van der Waals surface area contributed by atoms with Crippen LogP contribution >= 0.6 is 0 Å². The van der Waals surface area contributed by atoms with Gasteiger partial charge in [-0.2, -0.15) is 5.26 Å². The van der Waals surface area contributed by atoms with Crippen LogP contribution in [0.1, 0.15) is 50.5 Å². The summed E-state index contributed by atoms with van der Waals surface area (Å²) in [6, 6.07) is 6.33. The summed E-state index contributed by atoms with van der Waals surface area (Å²) in [5.41, 5.74) is -1.26. The van der Waals surface area contributed by atoms with Gasteiger partial charge in [0.2, 0.25) is 0 Å². The molecular weight excluding hydrogens is 270 g/mol. The Hall–Kier alpha value is -2.35. The van der Waals surface area contributed by atoms with Gasteiger partial charge in [0.1, 0.15) is 17.6 Å². The number of aldehydes is 1. The highest BCUT2D eigenvalue weighted by molar-refractivity contribution is 5.80. The summed E-state index contributed by atoms with van der Waals surface area (Å²) in [6.07, 6.45) is 0.619. The number of hydrogen-bond donors (Lipinski definition) is 0. The maximum absolute atomic E-state index is 12.1. The van der Waals surface area contributed by atoms with E-state index in [1.165, 1.54) is 18.2 Å². The number of esters is 1. The first-order valence-electron chi connectivity index (χ1n) is 6.50. The number of hydrogen-bond acceptors (Lipinski definition) is 5. The van der Waals surface area contributed by atoms with Gasteiger partial charge in [0.25, 0.3) is 0 Å². The molecule has 0 aliphatic rings. The molecule has 0 amide bonds. The van der Waals surface area contributed by atoms with Crippen molar-refractivity contribution in [2.75, 3.05) is 0 Å². The van der Waals surface area contributed by atoms with Crippen LogP contribution in [0, 0.1) is 11.3 Å². The highest BCUT2D eigenvalue weighted by atomic mass is 16.6. The first kappa shape index (κ1) is 16.7. The Bertz CT molecular complexity index is 591. The Morgan fingerprint density at radius 2 is 1.81 bits per heavy atom. The summed E-state index contributed by atoms with van der Waals surface area (Å²) < 4.78 is 10.9. The summed E-state index contributed by atoms with van der Waals surface area (Å²) >= 11 is 0. The van der Waals surface area contributed by atoms with E-state index in [2.05, 4.69) is 0 Å². The van der Waals surface area contributed by atoms with Crippen LogP contribution in [0.25, 0.3) is 0 Å². The van der Waals surface area contributed by atoms with Crippen LogP contribution in [0.15, 0.2) is 18.2 Å². The molecule has 0 spiro atoms. The van der Waals surface area contributed by atoms with Crippen molar-refractivity contribution in [3.05, 3.63) is 29.3 Å². The zero-order valence-electron chi connectivity index (χ0n) is 12.9. The number of carbonyl (C=O) groups excluding carboxylic acids is 2. The maximum Gasteiger partial charge on any atom is 0.350 e. The minimum absolute atomic E-state index is 0.270. The smallest absolute Gasteiger partial charge is 0.350 e. The fourth-order valence-electron chi connectivity index (χ4n) is 1.55. The monoisotopic (exact) mass is 289 g/mol. The van der Waals surface area contributed by atoms with Gasteiger partial charge in [0, 0.05) is 5.56 Å². The summed E-state index contributed by atoms with van der Waals surface area (Å²) in [4.78, 5) is 23.0. The van der Waals surface area contributed by atoms with Crippen molar-refractivity contribution in [3.8, 4) is 11.8 Å². The molecule has 0 aliphatic heterocycles. The molecule has 0 saturated carbocycles. The van der Waals surface area contributed by atoms with Crippen LogP contribution in [0.4, 0.5) is 0 Å². The summed E-state index contributed by atoms with van der Waals surface area (Å²) in [7, 11) is 0. The SMILES string of the molecule is CC(C)(C)OC(=O)C(C)(C)Oc1cc(C#N)cc(C=O)c1. The predicted octanol–water partition coefficient (Wildman–Crippen LogP) is 2.87. The molecule has 0 aliphatic carbocycles. The second-order valence-electron chi connectivity index (χ2n) is 6.13. The minimum atomic E-state index is -1.23. The first-order chi connectivity index (χ1) is 9.57. The van der Waals surface area contributed by atoms with Gasteiger partial charge in [-0.15, -0.1) is 0 Å². The lowest BCUT2D eigenvalue weighted by Crippen LogP contribution is -2.43. The van der Waals surface area contributed by atoms with Gasteiger partial charge in [-0.25, -0.2) is 4.79 Å². The van der Waals surface area contributed by atoms with Crippen molar-refractivity contribution in [1.29, 1.82) is 5.26 Å². The summed E-state index contributed by atoms with van der Waals surface area (Å²) in [6.45, 7) is 8.44. The number of nitriles is 1. The molecular formula is C16H19NO4. The van der Waals surface area contributed by atoms with Crippen LogP contribution in [0.3, 0.4) is 0 Å². The average Bonchev–Trinajstić information content (AvgIpc) is 2.35. The molecule has 5 heteroatoms. The largest absolute Gasteiger partial charge is 0.476 e. The fraction of sp³-hybridized carbons (Fsp3) is 0.438. The van der Waals surface area contributed by atoms with E-state index >= 15 is 0 Å². The average molecular weight is 289 g/mol. The Kier molecular flexibility index (Phi) is 4.74. The quantitative estimate of drug-likeness (QED) is 0.629. The molecule has 1 aromatic carbocycles. The molecule has 0 fully saturated rings. The lowest BCUT2D eigenvalue weighted by Gasteiger charge is -2.29. The van der Waals surface area contributed by atoms with E-state index in [9.17, 15) is 9.59 Å². The summed E-state index contributed by atoms with van der Waals surface area (Å²) in [5.74, 6) is -0.253. The maximum atomic E-state index is 12.1. The lowest BCUT2D eigenvalue weighted by molar-refractivity contribution is -0.170. The van der Waals surface area contributed by atoms with Crippen LogP contribution < -0.4 is 4.74 Å². The standard InChI is InChI=1S/C16H19NO4/c1-15(2,3)21-14(19)16(4,5)20-13-7-11(9-17)6-12(8-13)10-18/h6-8,10H,1-5H3. The van der Waals surface area contributed by atoms with E-state index in [4.69, 9.17) is 14.7 Å². The van der Waals surface area contributed by atoms with Gasteiger partial charge in [0.15, 0.2) is 5.60 Å². The van der Waals surface area contributed by atoms with E-state index in [0.717, 1.165) is 0 Å². The number of rotatable bonds is 4. The lowest BCUT2D eigenvalue weighted by atomic mass is 10.1. The second-order valence-corrected chi connectivity index (χ2v) is 6.13. The number of carbonyl (C=O) groups is 2. The first-order valence-corrected chi connectivity index (χ1v) is 6.50. The third kappa shape index (κ3) is 4.92. The van der Waals surface area contributed by atoms with Crippen LogP contribution in [0.5, 0.6) is 5.75 Å². The van der Waals surface area contributed by atoms with Gasteiger partial charge < -0.3 is 9.47 Å². The van der Waals surface area contributed by atoms with Crippen molar-refractivity contribution in [2.45, 2.75) is 45.8 Å². The predicted molar refractivity (Wildman–Crippen MR) is 77.1 cm³/mol. The molecule has 1 rings (SSSR count). The summed E-state index contributed by atoms with van der Waals surface area (Å²) in [5, 5.41) is 8.93. The van der Waals surface area contributed by atoms with Crippen molar-refractivity contribution in [3.63, 3.8) is 0 Å². The van der Waals surface area contributed by atoms with Gasteiger partial charge in [0.05, 0.1) is 11.6 Å². The normalized spacial score (nSPS) is 11.4. The molecule has 0 aromatic heterocycles. The van der Waals surface area contributed by atoms with E-state index < -0.39 is 17.2 Å². The van der Waals surface area contributed by atoms with Crippen LogP contribution in [-0.4, -0.2) is 23.5 Å². The molecule has 0 heterocycles. The van der Waals surface area contributed by atoms with Crippen LogP contribution in [-0.2, 0) is 9.53 Å². The third-order valence-electron chi connectivity index (χ3n) is 2.46. The Morgan fingerprint density at radius 3 is 2.29 bits per heavy atom. The van der Waals surface area contributed by atoms with Crippen LogP contribution in [0.2, 0.25) is 0 Å². The Morgan fingerprint density at radius 1 is 1.19 bits per heavy atom. The van der Waals surface area contributed by atoms with Gasteiger partial charge >= 0.3 is 5.97 Å². The molecule has 0 N–H and O–H groups in total. The van der Waals surface area contributed by atoms with E-state index in [-0.39, 0.29) is 11.3 Å². The van der Waals surface area contributed by atoms with Gasteiger partial charge in [-0.05, 0) is 52.8 Å². The molecule has 5 nitrogen and oxygen atoms in total. The van der Waals surface area contributed by atoms with Gasteiger partial charge in [-0.1, -0.05) is 0 Å². The number of benzene rings is 1. The molecule has 0 bridgehead atoms. The van der Waals surface area contributed by atoms with Crippen molar-refractivity contribution >= 4 is 12.3 Å². The molecule has 112 valence electrons. The van der Waals surface area contributed by atoms with E-state index in [1.54, 1.807) is 34.6 Å². The minimum Gasteiger partial charge on any atom is -0.476 e. The number of nitrogens with zero attached hydrogens (tertiary/aromatic N) is 1. The highest BCUT2D eigenvalue weighted by Crippen LogP contribution is 2.24. The Labute approximate surface area is 124 Å².